The van der Waals surface area contributed by atoms with E-state index in [4.69, 9.17) is 4.84 Å². The van der Waals surface area contributed by atoms with Crippen molar-refractivity contribution in [3.8, 4) is 0 Å². The van der Waals surface area contributed by atoms with Crippen LogP contribution >= 0.6 is 0 Å². The first-order valence-electron chi connectivity index (χ1n) is 7.22. The average Bonchev–Trinajstić information content (AvgIpc) is 2.86. The van der Waals surface area contributed by atoms with Gasteiger partial charge in [0, 0.05) is 24.3 Å². The van der Waals surface area contributed by atoms with Crippen molar-refractivity contribution in [1.82, 2.24) is 5.06 Å². The summed E-state index contributed by atoms with van der Waals surface area (Å²) in [5.41, 5.74) is 0.461. The first-order valence-corrected chi connectivity index (χ1v) is 7.22. The topological polar surface area (TPSA) is 80.8 Å². The lowest BCUT2D eigenvalue weighted by molar-refractivity contribution is -0.172. The number of hydrogen-bond acceptors (Lipinski definition) is 5. The second-order valence-corrected chi connectivity index (χ2v) is 5.28. The molecular formula is C16H16FNO5. The molecule has 0 aromatic heterocycles. The molecule has 2 rings (SSSR count). The smallest absolute Gasteiger partial charge is 0.325 e. The van der Waals surface area contributed by atoms with Gasteiger partial charge in [0.05, 0.1) is 12.2 Å². The number of carbonyl (C=O) groups is 4. The van der Waals surface area contributed by atoms with Crippen molar-refractivity contribution in [3.63, 3.8) is 0 Å². The summed E-state index contributed by atoms with van der Waals surface area (Å²) in [5.74, 6) is -2.64. The second kappa shape index (κ2) is 7.13. The molecule has 122 valence electrons. The zero-order valence-corrected chi connectivity index (χ0v) is 12.6. The third-order valence-electron chi connectivity index (χ3n) is 3.57. The molecule has 7 heteroatoms. The Morgan fingerprint density at radius 1 is 1.13 bits per heavy atom. The Bertz CT molecular complexity index is 624. The molecule has 0 N–H and O–H groups in total. The Kier molecular flexibility index (Phi) is 5.20. The summed E-state index contributed by atoms with van der Waals surface area (Å²) >= 11 is 0. The van der Waals surface area contributed by atoms with E-state index in [0.29, 0.717) is 10.6 Å². The van der Waals surface area contributed by atoms with Crippen LogP contribution in [0.1, 0.15) is 46.9 Å². The molecule has 0 spiro atoms. The molecule has 1 atom stereocenters. The van der Waals surface area contributed by atoms with Gasteiger partial charge < -0.3 is 4.84 Å². The molecule has 0 aliphatic carbocycles. The number of rotatable bonds is 6. The Morgan fingerprint density at radius 2 is 1.65 bits per heavy atom. The zero-order valence-electron chi connectivity index (χ0n) is 12.6. The highest BCUT2D eigenvalue weighted by molar-refractivity contribution is 6.03. The first kappa shape index (κ1) is 16.8. The third kappa shape index (κ3) is 3.80. The van der Waals surface area contributed by atoms with E-state index in [1.54, 1.807) is 6.92 Å². The lowest BCUT2D eigenvalue weighted by atomic mass is 9.96. The molecule has 1 aromatic carbocycles. The molecule has 1 fully saturated rings. The number of nitrogens with zero attached hydrogens (tertiary/aromatic N) is 1. The van der Waals surface area contributed by atoms with E-state index in [9.17, 15) is 23.6 Å². The van der Waals surface area contributed by atoms with Gasteiger partial charge in [-0.05, 0) is 18.6 Å². The summed E-state index contributed by atoms with van der Waals surface area (Å²) in [6.45, 7) is 1.06. The fourth-order valence-electron chi connectivity index (χ4n) is 2.14. The number of imide groups is 1. The van der Waals surface area contributed by atoms with Gasteiger partial charge in [-0.15, -0.1) is 5.06 Å². The molecule has 1 aliphatic heterocycles. The van der Waals surface area contributed by atoms with Crippen LogP contribution in [0.25, 0.3) is 0 Å². The number of hydrogen-bond donors (Lipinski definition) is 0. The van der Waals surface area contributed by atoms with Gasteiger partial charge in [-0.3, -0.25) is 18.8 Å². The summed E-state index contributed by atoms with van der Waals surface area (Å²) in [5, 5.41) is 0.463. The van der Waals surface area contributed by atoms with E-state index in [0.717, 1.165) is 0 Å². The van der Waals surface area contributed by atoms with Crippen molar-refractivity contribution in [2.45, 2.75) is 26.2 Å². The maximum atomic E-state index is 12.3. The van der Waals surface area contributed by atoms with Crippen LogP contribution in [-0.2, 0) is 14.4 Å². The summed E-state index contributed by atoms with van der Waals surface area (Å²) in [6.07, 6.45) is 0.180. The minimum absolute atomic E-state index is 0.0199. The number of ketones is 1. The number of halogens is 1. The van der Waals surface area contributed by atoms with E-state index in [1.807, 2.05) is 0 Å². The van der Waals surface area contributed by atoms with Gasteiger partial charge in [-0.1, -0.05) is 19.1 Å². The Balaban J connectivity index is 2.04. The number of hydroxylamine groups is 2. The molecule has 1 heterocycles. The van der Waals surface area contributed by atoms with Gasteiger partial charge in [-0.2, -0.15) is 0 Å². The third-order valence-corrected chi connectivity index (χ3v) is 3.57. The van der Waals surface area contributed by atoms with E-state index in [2.05, 4.69) is 0 Å². The zero-order chi connectivity index (χ0) is 17.0. The van der Waals surface area contributed by atoms with Crippen LogP contribution in [0.5, 0.6) is 0 Å². The van der Waals surface area contributed by atoms with Gasteiger partial charge in [0.2, 0.25) is 0 Å². The SMILES string of the molecule is CC(CCF)C(=O)c1ccc(C(=O)ON2C(=O)CCC2=O)cc1. The van der Waals surface area contributed by atoms with Gasteiger partial charge >= 0.3 is 5.97 Å². The van der Waals surface area contributed by atoms with Gasteiger partial charge in [0.25, 0.3) is 11.8 Å². The van der Waals surface area contributed by atoms with Crippen molar-refractivity contribution < 1.29 is 28.4 Å². The Labute approximate surface area is 132 Å². The van der Waals surface area contributed by atoms with E-state index in [1.165, 1.54) is 24.3 Å². The fourth-order valence-corrected chi connectivity index (χ4v) is 2.14. The summed E-state index contributed by atoms with van der Waals surface area (Å²) < 4.78 is 12.3. The first-order chi connectivity index (χ1) is 10.9. The molecule has 0 saturated carbocycles. The van der Waals surface area contributed by atoms with E-state index < -0.39 is 30.4 Å². The predicted octanol–water partition coefficient (Wildman–Crippen LogP) is 2.09. The highest BCUT2D eigenvalue weighted by Gasteiger charge is 2.33. The highest BCUT2D eigenvalue weighted by Crippen LogP contribution is 2.16. The molecule has 23 heavy (non-hydrogen) atoms. The van der Waals surface area contributed by atoms with E-state index in [-0.39, 0.29) is 30.6 Å². The van der Waals surface area contributed by atoms with Crippen LogP contribution in [0.15, 0.2) is 24.3 Å². The highest BCUT2D eigenvalue weighted by atomic mass is 19.1. The largest absolute Gasteiger partial charge is 0.363 e. The van der Waals surface area contributed by atoms with Crippen LogP contribution in [0.4, 0.5) is 4.39 Å². The predicted molar refractivity (Wildman–Crippen MR) is 77.0 cm³/mol. The molecule has 1 unspecified atom stereocenters. The molecule has 2 amide bonds. The van der Waals surface area contributed by atoms with Gasteiger partial charge in [-0.25, -0.2) is 4.79 Å². The van der Waals surface area contributed by atoms with Gasteiger partial charge in [0.15, 0.2) is 5.78 Å². The molecule has 1 saturated heterocycles. The number of amides is 2. The van der Waals surface area contributed by atoms with Crippen LogP contribution in [-0.4, -0.2) is 35.3 Å². The van der Waals surface area contributed by atoms with E-state index >= 15 is 0 Å². The standard InChI is InChI=1S/C16H16FNO5/c1-10(8-9-17)15(21)11-2-4-12(5-3-11)16(22)23-18-13(19)6-7-14(18)20/h2-5,10H,6-9H2,1H3. The lowest BCUT2D eigenvalue weighted by Crippen LogP contribution is -2.32. The summed E-state index contributed by atoms with van der Waals surface area (Å²) in [7, 11) is 0. The number of alkyl halides is 1. The maximum Gasteiger partial charge on any atom is 0.363 e. The van der Waals surface area contributed by atoms with Crippen molar-refractivity contribution in [1.29, 1.82) is 0 Å². The summed E-state index contributed by atoms with van der Waals surface area (Å²) in [4.78, 5) is 51.4. The van der Waals surface area contributed by atoms with Crippen LogP contribution < -0.4 is 0 Å². The minimum atomic E-state index is -0.857. The molecular weight excluding hydrogens is 305 g/mol. The molecule has 1 aliphatic rings. The van der Waals surface area contributed by atoms with Crippen LogP contribution in [0, 0.1) is 5.92 Å². The average molecular weight is 321 g/mol. The normalized spacial score (nSPS) is 15.7. The Morgan fingerprint density at radius 3 is 2.17 bits per heavy atom. The maximum absolute atomic E-state index is 12.3. The van der Waals surface area contributed by atoms with Crippen molar-refractivity contribution in [2.24, 2.45) is 5.92 Å². The molecule has 1 aromatic rings. The summed E-state index contributed by atoms with van der Waals surface area (Å²) in [6, 6.07) is 5.59. The van der Waals surface area contributed by atoms with Gasteiger partial charge in [0.1, 0.15) is 0 Å². The number of carbonyl (C=O) groups excluding carboxylic acids is 4. The quantitative estimate of drug-likeness (QED) is 0.592. The monoisotopic (exact) mass is 321 g/mol. The minimum Gasteiger partial charge on any atom is -0.325 e. The van der Waals surface area contributed by atoms with Crippen LogP contribution in [0.3, 0.4) is 0 Å². The molecule has 6 nitrogen and oxygen atoms in total. The lowest BCUT2D eigenvalue weighted by Gasteiger charge is -2.13. The van der Waals surface area contributed by atoms with Crippen molar-refractivity contribution in [2.75, 3.05) is 6.67 Å². The fraction of sp³-hybridized carbons (Fsp3) is 0.375. The number of Topliss-reactive ketones (excluding diaryl/α,β-unsaturated/α-hetero) is 1. The molecule has 0 bridgehead atoms. The Hall–Kier alpha value is -2.57. The van der Waals surface area contributed by atoms with Crippen LogP contribution in [0.2, 0.25) is 0 Å². The second-order valence-electron chi connectivity index (χ2n) is 5.28. The molecule has 0 radical (unpaired) electrons. The van der Waals surface area contributed by atoms with Crippen molar-refractivity contribution in [3.05, 3.63) is 35.4 Å². The number of benzene rings is 1. The van der Waals surface area contributed by atoms with Crippen molar-refractivity contribution >= 4 is 23.6 Å².